The molecule has 3 nitrogen and oxygen atoms in total. The molecule has 2 N–H and O–H groups in total. The van der Waals surface area contributed by atoms with Crippen molar-refractivity contribution in [1.82, 2.24) is 0 Å². The molecule has 0 amide bonds. The standard InChI is InChI=1S/C12H16O3/c1-7-4-5-10(11(13)9(7)3)6-8(2)12(14)15/h4-5,8,13H,6H2,1-3H3,(H,14,15). The first kappa shape index (κ1) is 11.6. The fourth-order valence-corrected chi connectivity index (χ4v) is 1.44. The molecule has 0 heterocycles. The number of benzene rings is 1. The van der Waals surface area contributed by atoms with Gasteiger partial charge in [0.05, 0.1) is 5.92 Å². The first-order chi connectivity index (χ1) is 6.93. The number of rotatable bonds is 3. The topological polar surface area (TPSA) is 57.5 Å². The van der Waals surface area contributed by atoms with E-state index in [1.54, 1.807) is 13.0 Å². The molecule has 0 aliphatic heterocycles. The van der Waals surface area contributed by atoms with Crippen LogP contribution in [0.3, 0.4) is 0 Å². The summed E-state index contributed by atoms with van der Waals surface area (Å²) < 4.78 is 0. The van der Waals surface area contributed by atoms with Crippen molar-refractivity contribution < 1.29 is 15.0 Å². The van der Waals surface area contributed by atoms with Gasteiger partial charge in [-0.25, -0.2) is 0 Å². The lowest BCUT2D eigenvalue weighted by atomic mass is 9.96. The minimum Gasteiger partial charge on any atom is -0.507 e. The van der Waals surface area contributed by atoms with Gasteiger partial charge in [0.15, 0.2) is 0 Å². The zero-order valence-corrected chi connectivity index (χ0v) is 9.24. The van der Waals surface area contributed by atoms with E-state index in [0.29, 0.717) is 12.0 Å². The van der Waals surface area contributed by atoms with Crippen molar-refractivity contribution in [3.8, 4) is 5.75 Å². The second-order valence-electron chi connectivity index (χ2n) is 3.96. The van der Waals surface area contributed by atoms with E-state index in [1.807, 2.05) is 19.9 Å². The summed E-state index contributed by atoms with van der Waals surface area (Å²) in [5.74, 6) is -1.09. The molecule has 15 heavy (non-hydrogen) atoms. The molecule has 0 spiro atoms. The largest absolute Gasteiger partial charge is 0.507 e. The summed E-state index contributed by atoms with van der Waals surface area (Å²) in [7, 11) is 0. The normalized spacial score (nSPS) is 12.5. The molecule has 0 bridgehead atoms. The first-order valence-electron chi connectivity index (χ1n) is 4.94. The molecule has 1 rings (SSSR count). The maximum Gasteiger partial charge on any atom is 0.306 e. The van der Waals surface area contributed by atoms with Gasteiger partial charge in [-0.1, -0.05) is 19.1 Å². The molecule has 3 heteroatoms. The number of aromatic hydroxyl groups is 1. The first-order valence-corrected chi connectivity index (χ1v) is 4.94. The van der Waals surface area contributed by atoms with Crippen molar-refractivity contribution in [2.75, 3.05) is 0 Å². The van der Waals surface area contributed by atoms with Crippen LogP contribution in [0.2, 0.25) is 0 Å². The average molecular weight is 208 g/mol. The summed E-state index contributed by atoms with van der Waals surface area (Å²) in [6.07, 6.45) is 0.363. The van der Waals surface area contributed by atoms with Crippen LogP contribution in [0.25, 0.3) is 0 Å². The summed E-state index contributed by atoms with van der Waals surface area (Å²) in [6, 6.07) is 3.69. The summed E-state index contributed by atoms with van der Waals surface area (Å²) >= 11 is 0. The van der Waals surface area contributed by atoms with Gasteiger partial charge in [0.2, 0.25) is 0 Å². The van der Waals surface area contributed by atoms with Crippen LogP contribution in [0, 0.1) is 19.8 Å². The summed E-state index contributed by atoms with van der Waals surface area (Å²) in [5.41, 5.74) is 2.54. The fraction of sp³-hybridized carbons (Fsp3) is 0.417. The van der Waals surface area contributed by atoms with E-state index in [1.165, 1.54) is 0 Å². The van der Waals surface area contributed by atoms with Crippen molar-refractivity contribution in [2.24, 2.45) is 5.92 Å². The Morgan fingerprint density at radius 3 is 2.53 bits per heavy atom. The van der Waals surface area contributed by atoms with Crippen LogP contribution in [0.1, 0.15) is 23.6 Å². The van der Waals surface area contributed by atoms with Crippen molar-refractivity contribution in [3.05, 3.63) is 28.8 Å². The van der Waals surface area contributed by atoms with Crippen LogP contribution >= 0.6 is 0 Å². The van der Waals surface area contributed by atoms with E-state index >= 15 is 0 Å². The Hall–Kier alpha value is -1.51. The van der Waals surface area contributed by atoms with Crippen LogP contribution in [-0.4, -0.2) is 16.2 Å². The van der Waals surface area contributed by atoms with Gasteiger partial charge in [-0.15, -0.1) is 0 Å². The van der Waals surface area contributed by atoms with Gasteiger partial charge >= 0.3 is 5.97 Å². The number of carboxylic acid groups (broad SMARTS) is 1. The third-order valence-electron chi connectivity index (χ3n) is 2.73. The van der Waals surface area contributed by atoms with Crippen LogP contribution in [0.5, 0.6) is 5.75 Å². The van der Waals surface area contributed by atoms with E-state index in [4.69, 9.17) is 5.11 Å². The molecule has 1 aromatic rings. The summed E-state index contributed by atoms with van der Waals surface area (Å²) in [6.45, 7) is 5.38. The molecule has 82 valence electrons. The van der Waals surface area contributed by atoms with E-state index in [-0.39, 0.29) is 5.75 Å². The Morgan fingerprint density at radius 2 is 2.00 bits per heavy atom. The second kappa shape index (κ2) is 4.34. The number of phenols is 1. The van der Waals surface area contributed by atoms with E-state index < -0.39 is 11.9 Å². The third-order valence-corrected chi connectivity index (χ3v) is 2.73. The van der Waals surface area contributed by atoms with Crippen molar-refractivity contribution in [1.29, 1.82) is 0 Å². The molecule has 1 aromatic carbocycles. The van der Waals surface area contributed by atoms with Crippen molar-refractivity contribution in [3.63, 3.8) is 0 Å². The third kappa shape index (κ3) is 2.49. The maximum absolute atomic E-state index is 10.7. The fourth-order valence-electron chi connectivity index (χ4n) is 1.44. The van der Waals surface area contributed by atoms with Crippen molar-refractivity contribution in [2.45, 2.75) is 27.2 Å². The Balaban J connectivity index is 2.97. The van der Waals surface area contributed by atoms with E-state index in [0.717, 1.165) is 11.1 Å². The Labute approximate surface area is 89.4 Å². The molecule has 0 saturated heterocycles. The van der Waals surface area contributed by atoms with Gasteiger partial charge < -0.3 is 10.2 Å². The van der Waals surface area contributed by atoms with Crippen LogP contribution < -0.4 is 0 Å². The molecule has 0 saturated carbocycles. The molecule has 1 unspecified atom stereocenters. The highest BCUT2D eigenvalue weighted by molar-refractivity contribution is 5.70. The summed E-state index contributed by atoms with van der Waals surface area (Å²) in [5, 5.41) is 18.6. The molecular weight excluding hydrogens is 192 g/mol. The van der Waals surface area contributed by atoms with Gasteiger partial charge in [0.1, 0.15) is 5.75 Å². The number of hydrogen-bond donors (Lipinski definition) is 2. The highest BCUT2D eigenvalue weighted by Gasteiger charge is 2.15. The Bertz CT molecular complexity index is 383. The minimum atomic E-state index is -0.840. The highest BCUT2D eigenvalue weighted by Crippen LogP contribution is 2.26. The quantitative estimate of drug-likeness (QED) is 0.801. The number of phenolic OH excluding ortho intramolecular Hbond substituents is 1. The molecule has 0 aromatic heterocycles. The van der Waals surface area contributed by atoms with Crippen LogP contribution in [-0.2, 0) is 11.2 Å². The monoisotopic (exact) mass is 208 g/mol. The van der Waals surface area contributed by atoms with E-state index in [2.05, 4.69) is 0 Å². The SMILES string of the molecule is Cc1ccc(CC(C)C(=O)O)c(O)c1C. The molecule has 0 fully saturated rings. The minimum absolute atomic E-state index is 0.225. The molecule has 0 aliphatic rings. The predicted molar refractivity (Wildman–Crippen MR) is 58.1 cm³/mol. The van der Waals surface area contributed by atoms with Gasteiger partial charge in [-0.05, 0) is 37.0 Å². The van der Waals surface area contributed by atoms with Gasteiger partial charge in [-0.2, -0.15) is 0 Å². The zero-order chi connectivity index (χ0) is 11.6. The summed E-state index contributed by atoms with van der Waals surface area (Å²) in [4.78, 5) is 10.7. The lowest BCUT2D eigenvalue weighted by Crippen LogP contribution is -2.12. The predicted octanol–water partition coefficient (Wildman–Crippen LogP) is 2.27. The van der Waals surface area contributed by atoms with Gasteiger partial charge in [-0.3, -0.25) is 4.79 Å². The Kier molecular flexibility index (Phi) is 3.35. The molecule has 1 atom stereocenters. The van der Waals surface area contributed by atoms with Gasteiger partial charge in [0, 0.05) is 0 Å². The van der Waals surface area contributed by atoms with Crippen LogP contribution in [0.15, 0.2) is 12.1 Å². The number of hydrogen-bond acceptors (Lipinski definition) is 2. The average Bonchev–Trinajstić information content (AvgIpc) is 2.18. The number of carboxylic acids is 1. The maximum atomic E-state index is 10.7. The second-order valence-corrected chi connectivity index (χ2v) is 3.96. The molecule has 0 aliphatic carbocycles. The number of aryl methyl sites for hydroxylation is 1. The lowest BCUT2D eigenvalue weighted by molar-refractivity contribution is -0.141. The molecule has 0 radical (unpaired) electrons. The van der Waals surface area contributed by atoms with Crippen LogP contribution in [0.4, 0.5) is 0 Å². The number of aliphatic carboxylic acids is 1. The highest BCUT2D eigenvalue weighted by atomic mass is 16.4. The van der Waals surface area contributed by atoms with E-state index in [9.17, 15) is 9.90 Å². The number of carbonyl (C=O) groups is 1. The van der Waals surface area contributed by atoms with Crippen molar-refractivity contribution >= 4 is 5.97 Å². The zero-order valence-electron chi connectivity index (χ0n) is 9.24. The van der Waals surface area contributed by atoms with Gasteiger partial charge in [0.25, 0.3) is 0 Å². The smallest absolute Gasteiger partial charge is 0.306 e. The molecular formula is C12H16O3. The Morgan fingerprint density at radius 1 is 1.40 bits per heavy atom. The lowest BCUT2D eigenvalue weighted by Gasteiger charge is -2.11.